The van der Waals surface area contributed by atoms with Crippen molar-refractivity contribution in [2.75, 3.05) is 0 Å². The van der Waals surface area contributed by atoms with Crippen LogP contribution in [0.15, 0.2) is 11.4 Å². The van der Waals surface area contributed by atoms with Crippen LogP contribution in [-0.2, 0) is 0 Å². The maximum absolute atomic E-state index is 9.52. The Bertz CT molecular complexity index is 175. The molecule has 1 aromatic heterocycles. The Morgan fingerprint density at radius 2 is 2.56 bits per heavy atom. The number of rotatable bonds is 1. The molecule has 0 radical (unpaired) electrons. The fraction of sp³-hybridized carbons (Fsp3) is 0. The third-order valence-corrected chi connectivity index (χ3v) is 1.16. The minimum absolute atomic E-state index is 0. The third-order valence-electron chi connectivity index (χ3n) is 0.558. The number of nitrogens with zero attached hydrogens (tertiary/aromatic N) is 3. The fourth-order valence-electron chi connectivity index (χ4n) is 0.284. The maximum atomic E-state index is 9.52. The zero-order valence-corrected chi connectivity index (χ0v) is 7.63. The first-order chi connectivity index (χ1) is 3.93. The van der Waals surface area contributed by atoms with Gasteiger partial charge in [-0.3, -0.25) is 0 Å². The van der Waals surface area contributed by atoms with Gasteiger partial charge in [0.05, 0.1) is 11.1 Å². The van der Waals surface area contributed by atoms with Gasteiger partial charge in [-0.2, -0.15) is 0 Å². The molecule has 1 rings (SSSR count). The van der Waals surface area contributed by atoms with Gasteiger partial charge < -0.3 is 10.4 Å². The van der Waals surface area contributed by atoms with Crippen LogP contribution in [0.5, 0.6) is 0 Å². The molecule has 9 heavy (non-hydrogen) atoms. The smallest absolute Gasteiger partial charge is 0.792 e. The van der Waals surface area contributed by atoms with Gasteiger partial charge in [0.1, 0.15) is 0 Å². The van der Waals surface area contributed by atoms with Crippen molar-refractivity contribution < 1.29 is 29.6 Å². The summed E-state index contributed by atoms with van der Waals surface area (Å²) in [6, 6.07) is 0. The van der Waals surface area contributed by atoms with Crippen LogP contribution in [-0.4, -0.2) is 15.8 Å². The maximum Gasteiger partial charge on any atom is 1.00 e. The van der Waals surface area contributed by atoms with Gasteiger partial charge >= 0.3 is 29.6 Å². The fourth-order valence-corrected chi connectivity index (χ4v) is 0.657. The molecule has 0 aliphatic heterocycles. The molecule has 4 nitrogen and oxygen atoms in total. The van der Waals surface area contributed by atoms with E-state index < -0.39 is 0 Å². The first kappa shape index (κ1) is 9.03. The Balaban J connectivity index is 0.000000640. The van der Waals surface area contributed by atoms with Crippen molar-refractivity contribution >= 4 is 17.7 Å². The van der Waals surface area contributed by atoms with Gasteiger partial charge in [-0.15, -0.1) is 5.10 Å². The molecule has 0 fully saturated rings. The van der Waals surface area contributed by atoms with Gasteiger partial charge in [0, 0.05) is 6.21 Å². The molecule has 0 unspecified atom stereocenters. The van der Waals surface area contributed by atoms with Crippen LogP contribution < -0.4 is 29.6 Å². The van der Waals surface area contributed by atoms with Crippen LogP contribution in [0.1, 0.15) is 4.88 Å². The van der Waals surface area contributed by atoms with Gasteiger partial charge in [-0.05, 0) is 11.5 Å². The van der Waals surface area contributed by atoms with E-state index in [-0.39, 0.29) is 29.6 Å². The summed E-state index contributed by atoms with van der Waals surface area (Å²) in [5.74, 6) is 0. The van der Waals surface area contributed by atoms with Gasteiger partial charge in [0.15, 0.2) is 0 Å². The molecule has 0 amide bonds. The van der Waals surface area contributed by atoms with Crippen molar-refractivity contribution in [3.05, 3.63) is 16.3 Å². The topological polar surface area (TPSA) is 61.2 Å². The first-order valence-electron chi connectivity index (χ1n) is 1.86. The SMILES string of the molecule is [Na+].[O-]/N=C\c1cnns1. The van der Waals surface area contributed by atoms with E-state index in [9.17, 15) is 5.21 Å². The Morgan fingerprint density at radius 3 is 3.00 bits per heavy atom. The molecular formula is C3H2N3NaOS. The molecule has 0 bridgehead atoms. The van der Waals surface area contributed by atoms with Crippen LogP contribution in [0.2, 0.25) is 0 Å². The number of aromatic nitrogens is 2. The van der Waals surface area contributed by atoms with E-state index in [0.717, 1.165) is 11.5 Å². The van der Waals surface area contributed by atoms with Gasteiger partial charge in [0.2, 0.25) is 0 Å². The van der Waals surface area contributed by atoms with Crippen LogP contribution >= 0.6 is 11.5 Å². The molecule has 0 aliphatic carbocycles. The summed E-state index contributed by atoms with van der Waals surface area (Å²) in [4.78, 5) is 0.681. The average molecular weight is 151 g/mol. The van der Waals surface area contributed by atoms with E-state index in [1.807, 2.05) is 0 Å². The summed E-state index contributed by atoms with van der Waals surface area (Å²) >= 11 is 1.14. The first-order valence-corrected chi connectivity index (χ1v) is 2.64. The summed E-state index contributed by atoms with van der Waals surface area (Å²) in [5, 5.41) is 15.5. The molecule has 1 heterocycles. The normalized spacial score (nSPS) is 9.33. The molecule has 1 aromatic rings. The standard InChI is InChI=1S/C3H3N3OS.Na/c7-5-2-3-1-4-6-8-3;/h1-2,7H;/q;+1/p-1/b5-2-;. The predicted molar refractivity (Wildman–Crippen MR) is 30.9 cm³/mol. The zero-order valence-electron chi connectivity index (χ0n) is 4.81. The summed E-state index contributed by atoms with van der Waals surface area (Å²) in [5.41, 5.74) is 0. The van der Waals surface area contributed by atoms with Crippen LogP contribution in [0.25, 0.3) is 0 Å². The van der Waals surface area contributed by atoms with Crippen molar-refractivity contribution in [1.29, 1.82) is 0 Å². The summed E-state index contributed by atoms with van der Waals surface area (Å²) in [6.07, 6.45) is 2.65. The molecule has 0 N–H and O–H groups in total. The van der Waals surface area contributed by atoms with Crippen molar-refractivity contribution in [3.63, 3.8) is 0 Å². The van der Waals surface area contributed by atoms with E-state index in [2.05, 4.69) is 14.7 Å². The molecular weight excluding hydrogens is 149 g/mol. The molecule has 0 aliphatic rings. The van der Waals surface area contributed by atoms with Crippen molar-refractivity contribution in [2.24, 2.45) is 5.16 Å². The van der Waals surface area contributed by atoms with E-state index in [0.29, 0.717) is 4.88 Å². The van der Waals surface area contributed by atoms with Crippen LogP contribution in [0, 0.1) is 5.21 Å². The van der Waals surface area contributed by atoms with E-state index in [4.69, 9.17) is 0 Å². The van der Waals surface area contributed by atoms with Gasteiger partial charge in [-0.25, -0.2) is 0 Å². The number of hydrogen-bond donors (Lipinski definition) is 0. The summed E-state index contributed by atoms with van der Waals surface area (Å²) in [6.45, 7) is 0. The second kappa shape index (κ2) is 4.87. The van der Waals surface area contributed by atoms with Gasteiger partial charge in [0.25, 0.3) is 0 Å². The Morgan fingerprint density at radius 1 is 1.78 bits per heavy atom. The number of hydrogen-bond acceptors (Lipinski definition) is 5. The summed E-state index contributed by atoms with van der Waals surface area (Å²) in [7, 11) is 0. The van der Waals surface area contributed by atoms with Crippen molar-refractivity contribution in [3.8, 4) is 0 Å². The minimum Gasteiger partial charge on any atom is -0.792 e. The minimum atomic E-state index is 0. The molecule has 0 aromatic carbocycles. The van der Waals surface area contributed by atoms with Crippen molar-refractivity contribution in [2.45, 2.75) is 0 Å². The zero-order chi connectivity index (χ0) is 5.82. The van der Waals surface area contributed by atoms with E-state index >= 15 is 0 Å². The predicted octanol–water partition coefficient (Wildman–Crippen LogP) is -2.54. The second-order valence-corrected chi connectivity index (χ2v) is 1.87. The Kier molecular flexibility index (Phi) is 4.88. The monoisotopic (exact) mass is 151 g/mol. The van der Waals surface area contributed by atoms with E-state index in [1.165, 1.54) is 12.4 Å². The van der Waals surface area contributed by atoms with E-state index in [1.54, 1.807) is 0 Å². The molecule has 0 spiro atoms. The Hall–Kier alpha value is 0.0300. The summed E-state index contributed by atoms with van der Waals surface area (Å²) < 4.78 is 3.50. The molecule has 6 heteroatoms. The van der Waals surface area contributed by atoms with Gasteiger partial charge in [-0.1, -0.05) is 4.49 Å². The van der Waals surface area contributed by atoms with Crippen LogP contribution in [0.3, 0.4) is 0 Å². The Labute approximate surface area is 78.0 Å². The molecule has 0 atom stereocenters. The molecule has 0 saturated carbocycles. The molecule has 42 valence electrons. The quantitative estimate of drug-likeness (QED) is 0.252. The second-order valence-electron chi connectivity index (χ2n) is 1.05. The average Bonchev–Trinajstić information content (AvgIpc) is 2.19. The molecule has 0 saturated heterocycles. The van der Waals surface area contributed by atoms with Crippen molar-refractivity contribution in [1.82, 2.24) is 9.59 Å². The third kappa shape index (κ3) is 2.90. The van der Waals surface area contributed by atoms with Crippen LogP contribution in [0.4, 0.5) is 0 Å². The largest absolute Gasteiger partial charge is 1.00 e.